The van der Waals surface area contributed by atoms with Crippen LogP contribution in [0.2, 0.25) is 0 Å². The lowest BCUT2D eigenvalue weighted by Gasteiger charge is -2.10. The average molecular weight is 337 g/mol. The number of carboxylic acids is 1. The first-order valence-electron chi connectivity index (χ1n) is 7.24. The predicted octanol–water partition coefficient (Wildman–Crippen LogP) is 4.31. The van der Waals surface area contributed by atoms with Crippen molar-refractivity contribution in [1.82, 2.24) is 9.97 Å². The molecule has 2 N–H and O–H groups in total. The predicted molar refractivity (Wildman–Crippen MR) is 95.9 cm³/mol. The molecule has 3 aromatic rings. The molecule has 0 fully saturated rings. The molecular weight excluding hydrogens is 322 g/mol. The Morgan fingerprint density at radius 2 is 1.83 bits per heavy atom. The van der Waals surface area contributed by atoms with Crippen molar-refractivity contribution in [3.05, 3.63) is 66.2 Å². The molecule has 3 rings (SSSR count). The van der Waals surface area contributed by atoms with Crippen molar-refractivity contribution in [3.8, 4) is 11.3 Å². The SMILES string of the molecule is CSc1nc(Nc2cccc(C(=O)O)c2)cc(-c2ccccc2)n1. The minimum absolute atomic E-state index is 0.224. The van der Waals surface area contributed by atoms with Gasteiger partial charge < -0.3 is 10.4 Å². The minimum Gasteiger partial charge on any atom is -0.478 e. The number of rotatable bonds is 5. The number of nitrogens with zero attached hydrogens (tertiary/aromatic N) is 2. The summed E-state index contributed by atoms with van der Waals surface area (Å²) in [6, 6.07) is 18.3. The summed E-state index contributed by atoms with van der Waals surface area (Å²) < 4.78 is 0. The van der Waals surface area contributed by atoms with E-state index >= 15 is 0 Å². The second kappa shape index (κ2) is 7.14. The number of nitrogens with one attached hydrogen (secondary N) is 1. The van der Waals surface area contributed by atoms with Gasteiger partial charge in [-0.15, -0.1) is 0 Å². The molecule has 0 radical (unpaired) electrons. The largest absolute Gasteiger partial charge is 0.478 e. The molecule has 1 heterocycles. The molecule has 24 heavy (non-hydrogen) atoms. The molecule has 0 aliphatic rings. The summed E-state index contributed by atoms with van der Waals surface area (Å²) in [7, 11) is 0. The first-order valence-corrected chi connectivity index (χ1v) is 8.47. The smallest absolute Gasteiger partial charge is 0.335 e. The van der Waals surface area contributed by atoms with Crippen molar-refractivity contribution >= 4 is 29.2 Å². The lowest BCUT2D eigenvalue weighted by Crippen LogP contribution is -2.00. The normalized spacial score (nSPS) is 10.4. The molecule has 120 valence electrons. The van der Waals surface area contributed by atoms with Crippen molar-refractivity contribution in [3.63, 3.8) is 0 Å². The van der Waals surface area contributed by atoms with Gasteiger partial charge >= 0.3 is 5.97 Å². The molecule has 5 nitrogen and oxygen atoms in total. The van der Waals surface area contributed by atoms with Gasteiger partial charge in [0.05, 0.1) is 11.3 Å². The number of carboxylic acid groups (broad SMARTS) is 1. The molecule has 2 aromatic carbocycles. The summed E-state index contributed by atoms with van der Waals surface area (Å²) in [6.07, 6.45) is 1.92. The van der Waals surface area contributed by atoms with Crippen molar-refractivity contribution in [2.45, 2.75) is 5.16 Å². The van der Waals surface area contributed by atoms with Crippen LogP contribution < -0.4 is 5.32 Å². The minimum atomic E-state index is -0.962. The Balaban J connectivity index is 1.96. The highest BCUT2D eigenvalue weighted by molar-refractivity contribution is 7.98. The van der Waals surface area contributed by atoms with Gasteiger partial charge in [0.1, 0.15) is 5.82 Å². The molecule has 0 atom stereocenters. The molecule has 0 aliphatic carbocycles. The molecular formula is C18H15N3O2S. The highest BCUT2D eigenvalue weighted by Gasteiger charge is 2.08. The average Bonchev–Trinajstić information content (AvgIpc) is 2.62. The number of carbonyl (C=O) groups is 1. The van der Waals surface area contributed by atoms with Gasteiger partial charge in [0.2, 0.25) is 0 Å². The zero-order valence-electron chi connectivity index (χ0n) is 12.9. The van der Waals surface area contributed by atoms with Crippen LogP contribution in [0.1, 0.15) is 10.4 Å². The van der Waals surface area contributed by atoms with Gasteiger partial charge in [-0.1, -0.05) is 48.2 Å². The maximum Gasteiger partial charge on any atom is 0.335 e. The standard InChI is InChI=1S/C18H15N3O2S/c1-24-18-20-15(12-6-3-2-4-7-12)11-16(21-18)19-14-9-5-8-13(10-14)17(22)23/h2-11H,1H3,(H,22,23)(H,19,20,21). The van der Waals surface area contributed by atoms with E-state index in [-0.39, 0.29) is 5.56 Å². The number of aromatic nitrogens is 2. The Hall–Kier alpha value is -2.86. The van der Waals surface area contributed by atoms with Crippen molar-refractivity contribution in [1.29, 1.82) is 0 Å². The summed E-state index contributed by atoms with van der Waals surface area (Å²) in [5.41, 5.74) is 2.70. The number of benzene rings is 2. The Morgan fingerprint density at radius 1 is 1.04 bits per heavy atom. The Labute approximate surface area is 143 Å². The monoisotopic (exact) mass is 337 g/mol. The fraction of sp³-hybridized carbons (Fsp3) is 0.0556. The zero-order valence-corrected chi connectivity index (χ0v) is 13.7. The van der Waals surface area contributed by atoms with Crippen molar-refractivity contribution in [2.75, 3.05) is 11.6 Å². The molecule has 0 saturated heterocycles. The van der Waals surface area contributed by atoms with Crippen LogP contribution in [-0.2, 0) is 0 Å². The van der Waals surface area contributed by atoms with E-state index in [2.05, 4.69) is 15.3 Å². The van der Waals surface area contributed by atoms with Crippen LogP contribution in [0.15, 0.2) is 65.8 Å². The number of hydrogen-bond donors (Lipinski definition) is 2. The van der Waals surface area contributed by atoms with E-state index < -0.39 is 5.97 Å². The van der Waals surface area contributed by atoms with Gasteiger partial charge in [-0.3, -0.25) is 0 Å². The summed E-state index contributed by atoms with van der Waals surface area (Å²) in [4.78, 5) is 20.1. The van der Waals surface area contributed by atoms with Crippen LogP contribution in [0.25, 0.3) is 11.3 Å². The Morgan fingerprint density at radius 3 is 2.54 bits per heavy atom. The van der Waals surface area contributed by atoms with E-state index in [9.17, 15) is 4.79 Å². The van der Waals surface area contributed by atoms with Gasteiger partial charge in [-0.2, -0.15) is 0 Å². The Kier molecular flexibility index (Phi) is 4.77. The van der Waals surface area contributed by atoms with Gasteiger partial charge in [-0.25, -0.2) is 14.8 Å². The van der Waals surface area contributed by atoms with E-state index in [1.165, 1.54) is 11.8 Å². The van der Waals surface area contributed by atoms with E-state index in [0.717, 1.165) is 11.3 Å². The second-order valence-corrected chi connectivity index (χ2v) is 5.78. The third kappa shape index (κ3) is 3.72. The quantitative estimate of drug-likeness (QED) is 0.534. The van der Waals surface area contributed by atoms with Crippen LogP contribution in [-0.4, -0.2) is 27.3 Å². The highest BCUT2D eigenvalue weighted by Crippen LogP contribution is 2.25. The van der Waals surface area contributed by atoms with Gasteiger partial charge in [-0.05, 0) is 24.5 Å². The van der Waals surface area contributed by atoms with E-state index in [1.807, 2.05) is 42.7 Å². The fourth-order valence-electron chi connectivity index (χ4n) is 2.22. The molecule has 1 aromatic heterocycles. The van der Waals surface area contributed by atoms with Crippen LogP contribution in [0, 0.1) is 0 Å². The molecule has 0 amide bonds. The van der Waals surface area contributed by atoms with Crippen LogP contribution in [0.5, 0.6) is 0 Å². The van der Waals surface area contributed by atoms with Crippen LogP contribution >= 0.6 is 11.8 Å². The zero-order chi connectivity index (χ0) is 16.9. The van der Waals surface area contributed by atoms with Gasteiger partial charge in [0.15, 0.2) is 5.16 Å². The Bertz CT molecular complexity index is 869. The number of aromatic carboxylic acids is 1. The van der Waals surface area contributed by atoms with Crippen molar-refractivity contribution < 1.29 is 9.90 Å². The second-order valence-electron chi connectivity index (χ2n) is 5.00. The van der Waals surface area contributed by atoms with E-state index in [0.29, 0.717) is 16.7 Å². The van der Waals surface area contributed by atoms with Gasteiger partial charge in [0.25, 0.3) is 0 Å². The van der Waals surface area contributed by atoms with Crippen LogP contribution in [0.3, 0.4) is 0 Å². The molecule has 0 aliphatic heterocycles. The third-order valence-corrected chi connectivity index (χ3v) is 3.89. The third-order valence-electron chi connectivity index (χ3n) is 3.34. The maximum absolute atomic E-state index is 11.1. The topological polar surface area (TPSA) is 75.1 Å². The van der Waals surface area contributed by atoms with E-state index in [4.69, 9.17) is 5.11 Å². The van der Waals surface area contributed by atoms with Crippen LogP contribution in [0.4, 0.5) is 11.5 Å². The first kappa shape index (κ1) is 16.0. The van der Waals surface area contributed by atoms with Crippen molar-refractivity contribution in [2.24, 2.45) is 0 Å². The maximum atomic E-state index is 11.1. The number of hydrogen-bond acceptors (Lipinski definition) is 5. The molecule has 0 saturated carbocycles. The summed E-state index contributed by atoms with van der Waals surface area (Å²) in [5, 5.41) is 12.9. The number of thioether (sulfide) groups is 1. The first-order chi connectivity index (χ1) is 11.7. The van der Waals surface area contributed by atoms with Gasteiger partial charge in [0, 0.05) is 17.3 Å². The highest BCUT2D eigenvalue weighted by atomic mass is 32.2. The molecule has 6 heteroatoms. The summed E-state index contributed by atoms with van der Waals surface area (Å²) in [5.74, 6) is -0.341. The number of anilines is 2. The molecule has 0 unspecified atom stereocenters. The lowest BCUT2D eigenvalue weighted by atomic mass is 10.1. The lowest BCUT2D eigenvalue weighted by molar-refractivity contribution is 0.0697. The fourth-order valence-corrected chi connectivity index (χ4v) is 2.59. The van der Waals surface area contributed by atoms with E-state index in [1.54, 1.807) is 24.3 Å². The molecule has 0 bridgehead atoms. The summed E-state index contributed by atoms with van der Waals surface area (Å²) >= 11 is 1.45. The molecule has 0 spiro atoms. The summed E-state index contributed by atoms with van der Waals surface area (Å²) in [6.45, 7) is 0.